The fourth-order valence-corrected chi connectivity index (χ4v) is 3.95. The van der Waals surface area contributed by atoms with E-state index in [1.807, 2.05) is 48.5 Å². The Morgan fingerprint density at radius 2 is 1.57 bits per heavy atom. The van der Waals surface area contributed by atoms with Crippen LogP contribution in [0.4, 0.5) is 0 Å². The SMILES string of the molecule is COc1cc(-c2nc3ccccc3n2Cc2ccc(Cl)cc2Cl)cc(OC)c1OC. The van der Waals surface area contributed by atoms with Crippen LogP contribution < -0.4 is 14.2 Å². The number of nitrogens with zero attached hydrogens (tertiary/aromatic N) is 2. The predicted molar refractivity (Wildman–Crippen MR) is 120 cm³/mol. The van der Waals surface area contributed by atoms with E-state index in [-0.39, 0.29) is 0 Å². The summed E-state index contributed by atoms with van der Waals surface area (Å²) in [6.07, 6.45) is 0. The van der Waals surface area contributed by atoms with Crippen LogP contribution in [0.15, 0.2) is 54.6 Å². The van der Waals surface area contributed by atoms with E-state index >= 15 is 0 Å². The average Bonchev–Trinajstić information content (AvgIpc) is 3.13. The Kier molecular flexibility index (Phi) is 5.75. The zero-order chi connectivity index (χ0) is 21.3. The van der Waals surface area contributed by atoms with Gasteiger partial charge < -0.3 is 18.8 Å². The van der Waals surface area contributed by atoms with Crippen LogP contribution in [0.3, 0.4) is 0 Å². The number of methoxy groups -OCH3 is 3. The number of halogens is 2. The molecule has 1 heterocycles. The third-order valence-corrected chi connectivity index (χ3v) is 5.51. The number of hydrogen-bond donors (Lipinski definition) is 0. The number of hydrogen-bond acceptors (Lipinski definition) is 4. The van der Waals surface area contributed by atoms with Gasteiger partial charge in [-0.3, -0.25) is 0 Å². The Morgan fingerprint density at radius 3 is 2.20 bits per heavy atom. The van der Waals surface area contributed by atoms with E-state index in [0.717, 1.165) is 28.0 Å². The van der Waals surface area contributed by atoms with Gasteiger partial charge in [0.15, 0.2) is 11.5 Å². The molecule has 1 aromatic heterocycles. The van der Waals surface area contributed by atoms with E-state index < -0.39 is 0 Å². The molecular weight excluding hydrogens is 423 g/mol. The maximum absolute atomic E-state index is 6.46. The van der Waals surface area contributed by atoms with E-state index in [2.05, 4.69) is 4.57 Å². The summed E-state index contributed by atoms with van der Waals surface area (Å²) in [4.78, 5) is 4.87. The summed E-state index contributed by atoms with van der Waals surface area (Å²) in [5.74, 6) is 2.43. The molecule has 0 aliphatic rings. The molecule has 0 aliphatic carbocycles. The number of benzene rings is 3. The van der Waals surface area contributed by atoms with Crippen LogP contribution in [-0.2, 0) is 6.54 Å². The summed E-state index contributed by atoms with van der Waals surface area (Å²) in [5.41, 5.74) is 3.65. The lowest BCUT2D eigenvalue weighted by molar-refractivity contribution is 0.324. The molecule has 154 valence electrons. The van der Waals surface area contributed by atoms with Crippen molar-refractivity contribution in [2.75, 3.05) is 21.3 Å². The Morgan fingerprint density at radius 1 is 0.867 bits per heavy atom. The maximum atomic E-state index is 6.46. The number of imidazole rings is 1. The number of rotatable bonds is 6. The van der Waals surface area contributed by atoms with Crippen molar-refractivity contribution in [3.8, 4) is 28.6 Å². The molecule has 0 saturated carbocycles. The number of ether oxygens (including phenoxy) is 3. The van der Waals surface area contributed by atoms with Crippen molar-refractivity contribution >= 4 is 34.2 Å². The zero-order valence-corrected chi connectivity index (χ0v) is 18.3. The van der Waals surface area contributed by atoms with Gasteiger partial charge in [-0.25, -0.2) is 4.98 Å². The molecule has 0 N–H and O–H groups in total. The first kappa shape index (κ1) is 20.4. The molecule has 4 aromatic rings. The second kappa shape index (κ2) is 8.46. The van der Waals surface area contributed by atoms with Crippen molar-refractivity contribution < 1.29 is 14.2 Å². The summed E-state index contributed by atoms with van der Waals surface area (Å²) >= 11 is 12.5. The highest BCUT2D eigenvalue weighted by atomic mass is 35.5. The Labute approximate surface area is 184 Å². The van der Waals surface area contributed by atoms with Gasteiger partial charge in [0.25, 0.3) is 0 Å². The fourth-order valence-electron chi connectivity index (χ4n) is 3.49. The van der Waals surface area contributed by atoms with Gasteiger partial charge in [0.1, 0.15) is 5.82 Å². The Hall–Kier alpha value is -2.89. The molecule has 0 radical (unpaired) electrons. The van der Waals surface area contributed by atoms with Crippen molar-refractivity contribution in [1.82, 2.24) is 9.55 Å². The van der Waals surface area contributed by atoms with Gasteiger partial charge in [-0.05, 0) is 42.0 Å². The highest BCUT2D eigenvalue weighted by Crippen LogP contribution is 2.41. The highest BCUT2D eigenvalue weighted by Gasteiger charge is 2.19. The van der Waals surface area contributed by atoms with Crippen molar-refractivity contribution in [1.29, 1.82) is 0 Å². The summed E-state index contributed by atoms with van der Waals surface area (Å²) in [6, 6.07) is 17.3. The van der Waals surface area contributed by atoms with Crippen molar-refractivity contribution in [2.45, 2.75) is 6.54 Å². The summed E-state index contributed by atoms with van der Waals surface area (Å²) < 4.78 is 18.6. The number of para-hydroxylation sites is 2. The van der Waals surface area contributed by atoms with Gasteiger partial charge >= 0.3 is 0 Å². The minimum Gasteiger partial charge on any atom is -0.493 e. The molecule has 0 aliphatic heterocycles. The van der Waals surface area contributed by atoms with Crippen LogP contribution >= 0.6 is 23.2 Å². The zero-order valence-electron chi connectivity index (χ0n) is 16.8. The minimum atomic E-state index is 0.530. The van der Waals surface area contributed by atoms with Crippen LogP contribution in [0.2, 0.25) is 10.0 Å². The standard InChI is InChI=1S/C23H20Cl2N2O3/c1-28-20-10-15(11-21(29-2)22(20)30-3)23-26-18-6-4-5-7-19(18)27(23)13-14-8-9-16(24)12-17(14)25/h4-12H,13H2,1-3H3. The topological polar surface area (TPSA) is 45.5 Å². The highest BCUT2D eigenvalue weighted by molar-refractivity contribution is 6.35. The first-order valence-electron chi connectivity index (χ1n) is 9.25. The molecule has 0 saturated heterocycles. The number of aromatic nitrogens is 2. The van der Waals surface area contributed by atoms with Gasteiger partial charge in [-0.1, -0.05) is 41.4 Å². The summed E-state index contributed by atoms with van der Waals surface area (Å²) in [7, 11) is 4.77. The van der Waals surface area contributed by atoms with Gasteiger partial charge in [0, 0.05) is 15.6 Å². The minimum absolute atomic E-state index is 0.530. The molecule has 0 spiro atoms. The first-order chi connectivity index (χ1) is 14.5. The van der Waals surface area contributed by atoms with Crippen molar-refractivity contribution in [3.63, 3.8) is 0 Å². The van der Waals surface area contributed by atoms with Crippen LogP contribution in [0, 0.1) is 0 Å². The molecular formula is C23H20Cl2N2O3. The lowest BCUT2D eigenvalue weighted by Crippen LogP contribution is -2.04. The average molecular weight is 443 g/mol. The molecule has 0 atom stereocenters. The lowest BCUT2D eigenvalue weighted by Gasteiger charge is -2.15. The molecule has 0 unspecified atom stereocenters. The normalized spacial score (nSPS) is 11.0. The molecule has 3 aromatic carbocycles. The summed E-state index contributed by atoms with van der Waals surface area (Å²) in [6.45, 7) is 0.530. The Bertz CT molecular complexity index is 1200. The second-order valence-corrected chi connectivity index (χ2v) is 7.50. The molecule has 0 bridgehead atoms. The smallest absolute Gasteiger partial charge is 0.203 e. The summed E-state index contributed by atoms with van der Waals surface area (Å²) in [5, 5.41) is 1.21. The van der Waals surface area contributed by atoms with Gasteiger partial charge in [-0.15, -0.1) is 0 Å². The van der Waals surface area contributed by atoms with E-state index in [4.69, 9.17) is 42.4 Å². The quantitative estimate of drug-likeness (QED) is 0.362. The lowest BCUT2D eigenvalue weighted by atomic mass is 10.1. The fraction of sp³-hybridized carbons (Fsp3) is 0.174. The van der Waals surface area contributed by atoms with Crippen molar-refractivity contribution in [2.24, 2.45) is 0 Å². The van der Waals surface area contributed by atoms with Crippen LogP contribution in [0.25, 0.3) is 22.4 Å². The first-order valence-corrected chi connectivity index (χ1v) is 10.0. The van der Waals surface area contributed by atoms with E-state index in [9.17, 15) is 0 Å². The molecule has 0 amide bonds. The second-order valence-electron chi connectivity index (χ2n) is 6.66. The molecule has 4 rings (SSSR count). The third-order valence-electron chi connectivity index (χ3n) is 4.92. The third kappa shape index (κ3) is 3.66. The van der Waals surface area contributed by atoms with Gasteiger partial charge in [0.2, 0.25) is 5.75 Å². The van der Waals surface area contributed by atoms with Crippen LogP contribution in [0.1, 0.15) is 5.56 Å². The molecule has 7 heteroatoms. The van der Waals surface area contributed by atoms with Gasteiger partial charge in [-0.2, -0.15) is 0 Å². The maximum Gasteiger partial charge on any atom is 0.203 e. The molecule has 0 fully saturated rings. The van der Waals surface area contributed by atoms with Crippen molar-refractivity contribution in [3.05, 3.63) is 70.2 Å². The van der Waals surface area contributed by atoms with E-state index in [0.29, 0.717) is 33.8 Å². The van der Waals surface area contributed by atoms with E-state index in [1.54, 1.807) is 27.4 Å². The van der Waals surface area contributed by atoms with E-state index in [1.165, 1.54) is 0 Å². The van der Waals surface area contributed by atoms with Crippen LogP contribution in [0.5, 0.6) is 17.2 Å². The number of fused-ring (bicyclic) bond motifs is 1. The van der Waals surface area contributed by atoms with Gasteiger partial charge in [0.05, 0.1) is 38.9 Å². The largest absolute Gasteiger partial charge is 0.493 e. The predicted octanol–water partition coefficient (Wildman–Crippen LogP) is 6.08. The monoisotopic (exact) mass is 442 g/mol. The molecule has 5 nitrogen and oxygen atoms in total. The molecule has 30 heavy (non-hydrogen) atoms. The Balaban J connectivity index is 1.93. The van der Waals surface area contributed by atoms with Crippen LogP contribution in [-0.4, -0.2) is 30.9 Å².